The van der Waals surface area contributed by atoms with Crippen molar-refractivity contribution in [1.29, 1.82) is 0 Å². The zero-order chi connectivity index (χ0) is 24.4. The molecule has 0 unspecified atom stereocenters. The first-order valence-corrected chi connectivity index (χ1v) is 11.1. The molecule has 0 fully saturated rings. The fourth-order valence-corrected chi connectivity index (χ4v) is 3.99. The van der Waals surface area contributed by atoms with E-state index in [1.807, 2.05) is 20.8 Å². The van der Waals surface area contributed by atoms with Gasteiger partial charge in [0.15, 0.2) is 5.69 Å². The summed E-state index contributed by atoms with van der Waals surface area (Å²) in [5.41, 5.74) is 5.87. The van der Waals surface area contributed by atoms with Crippen LogP contribution in [0.25, 0.3) is 0 Å². The topological polar surface area (TPSA) is 139 Å². The molecule has 0 aliphatic carbocycles. The normalized spacial score (nSPS) is 13.9. The Balaban J connectivity index is 2.05. The Morgan fingerprint density at radius 2 is 1.76 bits per heavy atom. The van der Waals surface area contributed by atoms with Crippen molar-refractivity contribution in [3.63, 3.8) is 0 Å². The van der Waals surface area contributed by atoms with E-state index in [0.29, 0.717) is 12.8 Å². The third-order valence-corrected chi connectivity index (χ3v) is 5.75. The van der Waals surface area contributed by atoms with Gasteiger partial charge in [0.2, 0.25) is 5.91 Å². The number of H-pyrrole nitrogens is 1. The Morgan fingerprint density at radius 1 is 1.09 bits per heavy atom. The molecule has 0 spiro atoms. The fourth-order valence-electron chi connectivity index (χ4n) is 3.99. The summed E-state index contributed by atoms with van der Waals surface area (Å²) < 4.78 is 1.21. The molecule has 10 nitrogen and oxygen atoms in total. The molecule has 1 aliphatic heterocycles. The van der Waals surface area contributed by atoms with Gasteiger partial charge in [-0.1, -0.05) is 31.9 Å². The number of unbranched alkanes of at least 4 members (excludes halogenated alkanes) is 1. The number of carbonyl (C=O) groups excluding carboxylic acids is 3. The summed E-state index contributed by atoms with van der Waals surface area (Å²) in [5, 5.41) is 0. The van der Waals surface area contributed by atoms with E-state index in [4.69, 9.17) is 5.73 Å². The van der Waals surface area contributed by atoms with Crippen molar-refractivity contribution in [2.45, 2.75) is 59.5 Å². The summed E-state index contributed by atoms with van der Waals surface area (Å²) in [7, 11) is 0. The Labute approximate surface area is 191 Å². The van der Waals surface area contributed by atoms with Crippen molar-refractivity contribution in [3.05, 3.63) is 55.7 Å². The molecule has 33 heavy (non-hydrogen) atoms. The number of nitrogens with one attached hydrogen (secondary N) is 1. The highest BCUT2D eigenvalue weighted by molar-refractivity contribution is 6.23. The standard InChI is InChI=1S/C23H29N5O5/c1-5-7-11-26(17-18(24)27(10-6-2)23(33)25-19(17)29)20(30)14(4)28-21(31)15-9-8-13(3)12-16(15)22(28)32/h8-9,12,14H,5-7,10-11,24H2,1-4H3,(H,25,29,33)/t14-/m0/s1. The summed E-state index contributed by atoms with van der Waals surface area (Å²) in [6.45, 7) is 7.42. The predicted molar refractivity (Wildman–Crippen MR) is 124 cm³/mol. The van der Waals surface area contributed by atoms with Crippen LogP contribution in [-0.4, -0.2) is 44.8 Å². The second-order valence-corrected chi connectivity index (χ2v) is 8.19. The van der Waals surface area contributed by atoms with Crippen molar-refractivity contribution in [1.82, 2.24) is 14.5 Å². The quantitative estimate of drug-likeness (QED) is 0.581. The van der Waals surface area contributed by atoms with Gasteiger partial charge in [0.25, 0.3) is 17.4 Å². The third kappa shape index (κ3) is 4.20. The molecule has 0 bridgehead atoms. The predicted octanol–water partition coefficient (Wildman–Crippen LogP) is 1.66. The molecule has 3 N–H and O–H groups in total. The molecule has 2 heterocycles. The van der Waals surface area contributed by atoms with Gasteiger partial charge in [-0.25, -0.2) is 4.79 Å². The number of benzene rings is 1. The van der Waals surface area contributed by atoms with Crippen molar-refractivity contribution >= 4 is 29.2 Å². The van der Waals surface area contributed by atoms with Gasteiger partial charge in [-0.05, 0) is 38.8 Å². The fraction of sp³-hybridized carbons (Fsp3) is 0.435. The monoisotopic (exact) mass is 455 g/mol. The van der Waals surface area contributed by atoms with Crippen LogP contribution in [0.5, 0.6) is 0 Å². The highest BCUT2D eigenvalue weighted by Gasteiger charge is 2.42. The van der Waals surface area contributed by atoms with E-state index in [0.717, 1.165) is 16.9 Å². The molecule has 0 saturated heterocycles. The first-order valence-electron chi connectivity index (χ1n) is 11.1. The van der Waals surface area contributed by atoms with Crippen LogP contribution in [0.3, 0.4) is 0 Å². The van der Waals surface area contributed by atoms with E-state index in [9.17, 15) is 24.0 Å². The number of amides is 3. The second-order valence-electron chi connectivity index (χ2n) is 8.19. The molecular formula is C23H29N5O5. The van der Waals surface area contributed by atoms with Gasteiger partial charge < -0.3 is 10.6 Å². The Hall–Kier alpha value is -3.69. The van der Waals surface area contributed by atoms with Crippen LogP contribution in [0.15, 0.2) is 27.8 Å². The number of aromatic amines is 1. The smallest absolute Gasteiger partial charge is 0.330 e. The SMILES string of the molecule is CCCCN(C(=O)[C@H](C)N1C(=O)c2ccc(C)cc2C1=O)c1c(N)n(CCC)c(=O)[nH]c1=O. The van der Waals surface area contributed by atoms with Gasteiger partial charge in [-0.15, -0.1) is 0 Å². The maximum absolute atomic E-state index is 13.6. The summed E-state index contributed by atoms with van der Waals surface area (Å²) in [5.74, 6) is -1.88. The van der Waals surface area contributed by atoms with E-state index in [1.165, 1.54) is 16.4 Å². The molecule has 176 valence electrons. The number of anilines is 2. The minimum Gasteiger partial charge on any atom is -0.383 e. The lowest BCUT2D eigenvalue weighted by atomic mass is 10.1. The largest absolute Gasteiger partial charge is 0.383 e. The average Bonchev–Trinajstić information content (AvgIpc) is 3.01. The molecule has 0 saturated carbocycles. The summed E-state index contributed by atoms with van der Waals surface area (Å²) in [4.78, 5) is 68.8. The number of hydrogen-bond donors (Lipinski definition) is 2. The summed E-state index contributed by atoms with van der Waals surface area (Å²) in [6.07, 6.45) is 1.85. The first kappa shape index (κ1) is 24.0. The van der Waals surface area contributed by atoms with Gasteiger partial charge in [-0.2, -0.15) is 0 Å². The summed E-state index contributed by atoms with van der Waals surface area (Å²) >= 11 is 0. The van der Waals surface area contributed by atoms with Crippen LogP contribution < -0.4 is 21.9 Å². The van der Waals surface area contributed by atoms with E-state index in [1.54, 1.807) is 18.2 Å². The zero-order valence-corrected chi connectivity index (χ0v) is 19.3. The number of carbonyl (C=O) groups is 3. The van der Waals surface area contributed by atoms with Crippen LogP contribution in [0, 0.1) is 6.92 Å². The minimum absolute atomic E-state index is 0.125. The molecule has 1 aliphatic rings. The van der Waals surface area contributed by atoms with Crippen molar-refractivity contribution in [2.75, 3.05) is 17.2 Å². The Kier molecular flexibility index (Phi) is 6.85. The van der Waals surface area contributed by atoms with Crippen molar-refractivity contribution in [3.8, 4) is 0 Å². The van der Waals surface area contributed by atoms with Crippen LogP contribution in [0.4, 0.5) is 11.5 Å². The average molecular weight is 456 g/mol. The number of aryl methyl sites for hydroxylation is 1. The number of nitrogens with zero attached hydrogens (tertiary/aromatic N) is 3. The van der Waals surface area contributed by atoms with Gasteiger partial charge in [0, 0.05) is 13.1 Å². The molecule has 0 radical (unpaired) electrons. The van der Waals surface area contributed by atoms with E-state index in [-0.39, 0.29) is 35.7 Å². The van der Waals surface area contributed by atoms with Gasteiger partial charge in [0.1, 0.15) is 11.9 Å². The molecule has 3 amide bonds. The number of nitrogens with two attached hydrogens (primary N) is 1. The number of hydrogen-bond acceptors (Lipinski definition) is 6. The zero-order valence-electron chi connectivity index (χ0n) is 19.3. The second kappa shape index (κ2) is 9.43. The van der Waals surface area contributed by atoms with Gasteiger partial charge >= 0.3 is 5.69 Å². The van der Waals surface area contributed by atoms with Crippen LogP contribution in [-0.2, 0) is 11.3 Å². The van der Waals surface area contributed by atoms with Crippen LogP contribution >= 0.6 is 0 Å². The lowest BCUT2D eigenvalue weighted by molar-refractivity contribution is -0.122. The number of aromatic nitrogens is 2. The minimum atomic E-state index is -1.18. The van der Waals surface area contributed by atoms with E-state index < -0.39 is 35.0 Å². The highest BCUT2D eigenvalue weighted by Crippen LogP contribution is 2.27. The maximum atomic E-state index is 13.6. The Morgan fingerprint density at radius 3 is 2.39 bits per heavy atom. The molecular weight excluding hydrogens is 426 g/mol. The number of fused-ring (bicyclic) bond motifs is 1. The highest BCUT2D eigenvalue weighted by atomic mass is 16.2. The third-order valence-electron chi connectivity index (χ3n) is 5.75. The lowest BCUT2D eigenvalue weighted by Crippen LogP contribution is -2.51. The number of imide groups is 1. The molecule has 1 atom stereocenters. The molecule has 1 aromatic carbocycles. The number of rotatable bonds is 8. The molecule has 2 aromatic rings. The van der Waals surface area contributed by atoms with E-state index in [2.05, 4.69) is 4.98 Å². The Bertz CT molecular complexity index is 1230. The van der Waals surface area contributed by atoms with Crippen LogP contribution in [0.2, 0.25) is 0 Å². The molecule has 3 rings (SSSR count). The van der Waals surface area contributed by atoms with Gasteiger partial charge in [0.05, 0.1) is 11.1 Å². The van der Waals surface area contributed by atoms with Crippen LogP contribution in [0.1, 0.15) is 66.3 Å². The van der Waals surface area contributed by atoms with E-state index >= 15 is 0 Å². The van der Waals surface area contributed by atoms with Gasteiger partial charge in [-0.3, -0.25) is 33.6 Å². The lowest BCUT2D eigenvalue weighted by Gasteiger charge is -2.30. The number of nitrogen functional groups attached to an aromatic ring is 1. The summed E-state index contributed by atoms with van der Waals surface area (Å²) in [6, 6.07) is 3.73. The maximum Gasteiger partial charge on any atom is 0.330 e. The molecule has 10 heteroatoms. The van der Waals surface area contributed by atoms with Crippen molar-refractivity contribution in [2.24, 2.45) is 0 Å². The first-order chi connectivity index (χ1) is 15.6. The molecule has 1 aromatic heterocycles. The van der Waals surface area contributed by atoms with Crippen molar-refractivity contribution < 1.29 is 14.4 Å².